The van der Waals surface area contributed by atoms with Crippen LogP contribution in [0.3, 0.4) is 0 Å². The number of esters is 1. The molecule has 4 saturated carbocycles. The third kappa shape index (κ3) is 4.85. The molecule has 0 saturated heterocycles. The van der Waals surface area contributed by atoms with Crippen LogP contribution in [0.1, 0.15) is 105 Å². The highest BCUT2D eigenvalue weighted by Crippen LogP contribution is 2.68. The van der Waals surface area contributed by atoms with Crippen LogP contribution in [0.15, 0.2) is 0 Å². The molecule has 5 nitrogen and oxygen atoms in total. The fraction of sp³-hybridized carbons (Fsp3) is 0.933. The van der Waals surface area contributed by atoms with E-state index in [1.807, 2.05) is 13.8 Å². The van der Waals surface area contributed by atoms with Gasteiger partial charge in [0.2, 0.25) is 0 Å². The van der Waals surface area contributed by atoms with Gasteiger partial charge in [-0.3, -0.25) is 9.59 Å². The molecule has 1 unspecified atom stereocenters. The Bertz CT molecular complexity index is 781. The molecule has 35 heavy (non-hydrogen) atoms. The third-order valence-electron chi connectivity index (χ3n) is 11.7. The lowest BCUT2D eigenvalue weighted by molar-refractivity contribution is -0.175. The topological polar surface area (TPSA) is 83.8 Å². The van der Waals surface area contributed by atoms with E-state index in [1.54, 1.807) is 0 Å². The van der Waals surface area contributed by atoms with Gasteiger partial charge in [-0.15, -0.1) is 0 Å². The van der Waals surface area contributed by atoms with Gasteiger partial charge in [-0.1, -0.05) is 34.6 Å². The van der Waals surface area contributed by atoms with E-state index in [9.17, 15) is 19.8 Å². The summed E-state index contributed by atoms with van der Waals surface area (Å²) in [6.07, 6.45) is 9.85. The summed E-state index contributed by atoms with van der Waals surface area (Å²) >= 11 is 0. The Morgan fingerprint density at radius 2 is 1.74 bits per heavy atom. The maximum atomic E-state index is 12.4. The molecular formula is C30H50O5. The molecule has 4 rings (SSSR count). The molecule has 0 aromatic heterocycles. The highest BCUT2D eigenvalue weighted by Gasteiger charge is 2.63. The van der Waals surface area contributed by atoms with Gasteiger partial charge in [0, 0.05) is 18.8 Å². The largest absolute Gasteiger partial charge is 0.465 e. The minimum Gasteiger partial charge on any atom is -0.465 e. The van der Waals surface area contributed by atoms with Crippen LogP contribution in [0, 0.1) is 52.3 Å². The number of ether oxygens (including phenoxy) is 1. The number of rotatable bonds is 8. The Hall–Kier alpha value is -0.940. The van der Waals surface area contributed by atoms with E-state index in [1.165, 1.54) is 19.3 Å². The molecule has 4 aliphatic rings. The molecule has 0 aromatic carbocycles. The molecule has 0 bridgehead atoms. The van der Waals surface area contributed by atoms with E-state index in [0.29, 0.717) is 48.3 Å². The molecule has 0 radical (unpaired) electrons. The summed E-state index contributed by atoms with van der Waals surface area (Å²) < 4.78 is 5.41. The van der Waals surface area contributed by atoms with Crippen LogP contribution in [-0.4, -0.2) is 40.8 Å². The van der Waals surface area contributed by atoms with Crippen LogP contribution < -0.4 is 0 Å². The Morgan fingerprint density at radius 1 is 1.00 bits per heavy atom. The quantitative estimate of drug-likeness (QED) is 0.436. The first-order valence-corrected chi connectivity index (χ1v) is 14.6. The number of aliphatic hydroxyl groups excluding tert-OH is 2. The van der Waals surface area contributed by atoms with Gasteiger partial charge in [-0.25, -0.2) is 0 Å². The van der Waals surface area contributed by atoms with Gasteiger partial charge >= 0.3 is 5.97 Å². The monoisotopic (exact) mass is 490 g/mol. The lowest BCUT2D eigenvalue weighted by Crippen LogP contribution is -2.58. The number of aliphatic hydroxyl groups is 2. The van der Waals surface area contributed by atoms with Crippen molar-refractivity contribution < 1.29 is 24.5 Å². The first-order chi connectivity index (χ1) is 16.5. The summed E-state index contributed by atoms with van der Waals surface area (Å²) in [6, 6.07) is 0. The molecular weight excluding hydrogens is 440 g/mol. The first kappa shape index (κ1) is 27.1. The maximum Gasteiger partial charge on any atom is 0.305 e. The van der Waals surface area contributed by atoms with Crippen molar-refractivity contribution >= 4 is 11.8 Å². The summed E-state index contributed by atoms with van der Waals surface area (Å²) in [5.74, 6) is 2.88. The van der Waals surface area contributed by atoms with Crippen molar-refractivity contribution in [3.8, 4) is 0 Å². The van der Waals surface area contributed by atoms with Gasteiger partial charge in [0.25, 0.3) is 0 Å². The molecule has 0 spiro atoms. The van der Waals surface area contributed by atoms with Gasteiger partial charge in [0.1, 0.15) is 12.4 Å². The lowest BCUT2D eigenvalue weighted by Gasteiger charge is -2.62. The zero-order chi connectivity index (χ0) is 25.5. The van der Waals surface area contributed by atoms with Crippen molar-refractivity contribution in [3.63, 3.8) is 0 Å². The van der Waals surface area contributed by atoms with Gasteiger partial charge in [-0.05, 0) is 104 Å². The normalized spacial score (nSPS) is 44.5. The average molecular weight is 491 g/mol. The highest BCUT2D eigenvalue weighted by molar-refractivity contribution is 5.80. The maximum absolute atomic E-state index is 12.4. The first-order valence-electron chi connectivity index (χ1n) is 14.6. The summed E-state index contributed by atoms with van der Waals surface area (Å²) in [7, 11) is 0. The molecule has 4 fully saturated rings. The summed E-state index contributed by atoms with van der Waals surface area (Å²) in [4.78, 5) is 24.1. The molecule has 200 valence electrons. The fourth-order valence-corrected chi connectivity index (χ4v) is 9.44. The van der Waals surface area contributed by atoms with Crippen LogP contribution in [0.5, 0.6) is 0 Å². The number of Topliss-reactive ketones (excluding diaryl/α,β-unsaturated/α-hetero) is 1. The Morgan fingerprint density at radius 3 is 2.46 bits per heavy atom. The van der Waals surface area contributed by atoms with Crippen molar-refractivity contribution in [2.75, 3.05) is 6.61 Å². The molecule has 11 atom stereocenters. The van der Waals surface area contributed by atoms with E-state index in [0.717, 1.165) is 38.5 Å². The molecule has 4 aliphatic carbocycles. The van der Waals surface area contributed by atoms with Gasteiger partial charge in [0.05, 0.1) is 12.2 Å². The Kier molecular flexibility index (Phi) is 8.08. The van der Waals surface area contributed by atoms with E-state index in [2.05, 4.69) is 20.8 Å². The van der Waals surface area contributed by atoms with E-state index in [-0.39, 0.29) is 47.3 Å². The van der Waals surface area contributed by atoms with E-state index in [4.69, 9.17) is 4.74 Å². The van der Waals surface area contributed by atoms with Crippen LogP contribution in [0.2, 0.25) is 0 Å². The zero-order valence-electron chi connectivity index (χ0n) is 22.8. The van der Waals surface area contributed by atoms with Gasteiger partial charge < -0.3 is 14.9 Å². The Labute approximate surface area is 212 Å². The predicted octanol–water partition coefficient (Wildman–Crippen LogP) is 5.55. The summed E-state index contributed by atoms with van der Waals surface area (Å²) in [5.41, 5.74) is 0.179. The molecule has 5 heteroatoms. The SMILES string of the molecule is CCC(=O)C(C)COC(=O)CC[C@@H](C)[C@H]1CC[C@H]2[C@@H]3CC[C@@H]4C[C@H](O)CC[C@]4(C)[C@H]3C[C@H](O)[C@]12C. The molecule has 0 heterocycles. The smallest absolute Gasteiger partial charge is 0.305 e. The van der Waals surface area contributed by atoms with Gasteiger partial charge in [-0.2, -0.15) is 0 Å². The number of hydrogen-bond donors (Lipinski definition) is 2. The van der Waals surface area contributed by atoms with E-state index >= 15 is 0 Å². The summed E-state index contributed by atoms with van der Waals surface area (Å²) in [5, 5.41) is 22.0. The fourth-order valence-electron chi connectivity index (χ4n) is 9.44. The number of fused-ring (bicyclic) bond motifs is 5. The number of ketones is 1. The molecule has 2 N–H and O–H groups in total. The van der Waals surface area contributed by atoms with Crippen LogP contribution in [0.4, 0.5) is 0 Å². The highest BCUT2D eigenvalue weighted by atomic mass is 16.5. The predicted molar refractivity (Wildman–Crippen MR) is 136 cm³/mol. The molecule has 0 aromatic rings. The Balaban J connectivity index is 1.38. The summed E-state index contributed by atoms with van der Waals surface area (Å²) in [6.45, 7) is 10.9. The molecule has 0 aliphatic heterocycles. The van der Waals surface area contributed by atoms with Crippen molar-refractivity contribution in [2.24, 2.45) is 52.3 Å². The third-order valence-corrected chi connectivity index (χ3v) is 11.7. The number of hydrogen-bond acceptors (Lipinski definition) is 5. The minimum absolute atomic E-state index is 0.0794. The second kappa shape index (κ2) is 10.4. The van der Waals surface area contributed by atoms with Crippen LogP contribution >= 0.6 is 0 Å². The van der Waals surface area contributed by atoms with Crippen molar-refractivity contribution in [1.82, 2.24) is 0 Å². The average Bonchev–Trinajstić information content (AvgIpc) is 3.20. The molecule has 0 amide bonds. The number of carbonyl (C=O) groups excluding carboxylic acids is 2. The van der Waals surface area contributed by atoms with Crippen molar-refractivity contribution in [1.29, 1.82) is 0 Å². The van der Waals surface area contributed by atoms with Crippen molar-refractivity contribution in [3.05, 3.63) is 0 Å². The second-order valence-electron chi connectivity index (χ2n) is 13.3. The minimum atomic E-state index is -0.293. The lowest BCUT2D eigenvalue weighted by atomic mass is 9.43. The zero-order valence-corrected chi connectivity index (χ0v) is 22.8. The van der Waals surface area contributed by atoms with Crippen molar-refractivity contribution in [2.45, 2.75) is 117 Å². The standard InChI is InChI=1S/C30H50O5/c1-6-26(32)19(3)17-35-28(34)12-7-18(2)23-10-11-24-22-9-8-20-15-21(31)13-14-29(20,4)25(22)16-27(33)30(23,24)5/h18-25,27,31,33H,6-17H2,1-5H3/t18-,19?,20-,21-,22+,23-,24+,25+,27+,29+,30-/m1/s1. The van der Waals surface area contributed by atoms with Crippen LogP contribution in [-0.2, 0) is 14.3 Å². The van der Waals surface area contributed by atoms with Gasteiger partial charge in [0.15, 0.2) is 0 Å². The van der Waals surface area contributed by atoms with E-state index < -0.39 is 0 Å². The second-order valence-corrected chi connectivity index (χ2v) is 13.3. The van der Waals surface area contributed by atoms with Crippen LogP contribution in [0.25, 0.3) is 0 Å². The number of carbonyl (C=O) groups is 2.